The van der Waals surface area contributed by atoms with Gasteiger partial charge in [0.05, 0.1) is 5.56 Å². The average molecular weight is 274 g/mol. The molecule has 0 bridgehead atoms. The van der Waals surface area contributed by atoms with E-state index in [-0.39, 0.29) is 17.1 Å². The zero-order valence-corrected chi connectivity index (χ0v) is 10.8. The highest BCUT2D eigenvalue weighted by molar-refractivity contribution is 5.47. The Kier molecular flexibility index (Phi) is 4.28. The molecule has 0 saturated carbocycles. The predicted octanol–water partition coefficient (Wildman–Crippen LogP) is 3.35. The Morgan fingerprint density at radius 3 is 2.65 bits per heavy atom. The third-order valence-corrected chi connectivity index (χ3v) is 2.66. The van der Waals surface area contributed by atoms with Crippen LogP contribution in [0.25, 0.3) is 0 Å². The molecule has 2 rings (SSSR count). The summed E-state index contributed by atoms with van der Waals surface area (Å²) in [6, 6.07) is 9.86. The molecule has 3 nitrogen and oxygen atoms in total. The largest absolute Gasteiger partial charge is 0.453 e. The van der Waals surface area contributed by atoms with Crippen LogP contribution in [0.4, 0.5) is 8.78 Å². The van der Waals surface area contributed by atoms with Gasteiger partial charge in [0.2, 0.25) is 0 Å². The first-order valence-corrected chi connectivity index (χ1v) is 5.94. The van der Waals surface area contributed by atoms with Crippen molar-refractivity contribution < 1.29 is 13.5 Å². The average Bonchev–Trinajstić information content (AvgIpc) is 2.44. The molecule has 0 heterocycles. The van der Waals surface area contributed by atoms with E-state index in [4.69, 9.17) is 10.00 Å². The molecule has 0 radical (unpaired) electrons. The molecule has 0 fully saturated rings. The van der Waals surface area contributed by atoms with Crippen LogP contribution in [-0.2, 0) is 6.54 Å². The number of nitriles is 1. The van der Waals surface area contributed by atoms with Crippen LogP contribution in [0.2, 0.25) is 0 Å². The molecule has 2 aromatic rings. The lowest BCUT2D eigenvalue weighted by molar-refractivity contribution is 0.435. The molecule has 0 spiro atoms. The number of halogens is 2. The van der Waals surface area contributed by atoms with Crippen molar-refractivity contribution in [2.24, 2.45) is 0 Å². The number of ether oxygens (including phenoxy) is 1. The molecule has 0 aliphatic carbocycles. The van der Waals surface area contributed by atoms with Crippen molar-refractivity contribution in [2.75, 3.05) is 7.05 Å². The number of benzene rings is 2. The highest BCUT2D eigenvalue weighted by atomic mass is 19.1. The summed E-state index contributed by atoms with van der Waals surface area (Å²) in [5.74, 6) is -1.35. The molecule has 0 aliphatic heterocycles. The van der Waals surface area contributed by atoms with Gasteiger partial charge in [0.15, 0.2) is 11.6 Å². The maximum Gasteiger partial charge on any atom is 0.166 e. The summed E-state index contributed by atoms with van der Waals surface area (Å²) < 4.78 is 31.9. The molecule has 2 aromatic carbocycles. The number of nitrogens with zero attached hydrogens (tertiary/aromatic N) is 1. The summed E-state index contributed by atoms with van der Waals surface area (Å²) in [5.41, 5.74) is 1.16. The quantitative estimate of drug-likeness (QED) is 0.930. The van der Waals surface area contributed by atoms with Crippen molar-refractivity contribution in [3.8, 4) is 17.6 Å². The molecule has 0 unspecified atom stereocenters. The molecule has 1 N–H and O–H groups in total. The van der Waals surface area contributed by atoms with E-state index in [1.54, 1.807) is 25.2 Å². The topological polar surface area (TPSA) is 45.0 Å². The van der Waals surface area contributed by atoms with Crippen molar-refractivity contribution >= 4 is 0 Å². The van der Waals surface area contributed by atoms with E-state index in [0.717, 1.165) is 23.8 Å². The number of nitrogens with one attached hydrogen (secondary N) is 1. The maximum atomic E-state index is 13.5. The van der Waals surface area contributed by atoms with Crippen molar-refractivity contribution in [1.29, 1.82) is 5.26 Å². The van der Waals surface area contributed by atoms with Crippen LogP contribution in [0.3, 0.4) is 0 Å². The zero-order chi connectivity index (χ0) is 14.5. The van der Waals surface area contributed by atoms with Crippen molar-refractivity contribution in [3.63, 3.8) is 0 Å². The second kappa shape index (κ2) is 6.13. The Morgan fingerprint density at radius 1 is 1.15 bits per heavy atom. The normalized spacial score (nSPS) is 10.1. The van der Waals surface area contributed by atoms with Gasteiger partial charge in [0.1, 0.15) is 17.6 Å². The molecule has 102 valence electrons. The molecule has 0 atom stereocenters. The van der Waals surface area contributed by atoms with Crippen LogP contribution in [0.5, 0.6) is 11.5 Å². The van der Waals surface area contributed by atoms with E-state index in [1.165, 1.54) is 0 Å². The smallest absolute Gasteiger partial charge is 0.166 e. The molecular weight excluding hydrogens is 262 g/mol. The Labute approximate surface area is 115 Å². The SMILES string of the molecule is CNCc1ccc(Oc2cc(F)ccc2F)c(C#N)c1. The minimum atomic E-state index is -0.686. The number of hydrogen-bond acceptors (Lipinski definition) is 3. The molecule has 0 saturated heterocycles. The fourth-order valence-electron chi connectivity index (χ4n) is 1.74. The highest BCUT2D eigenvalue weighted by Crippen LogP contribution is 2.28. The van der Waals surface area contributed by atoms with Gasteiger partial charge in [0.25, 0.3) is 0 Å². The van der Waals surface area contributed by atoms with E-state index >= 15 is 0 Å². The van der Waals surface area contributed by atoms with Crippen LogP contribution >= 0.6 is 0 Å². The summed E-state index contributed by atoms with van der Waals surface area (Å²) in [7, 11) is 1.79. The lowest BCUT2D eigenvalue weighted by Crippen LogP contribution is -2.05. The summed E-state index contributed by atoms with van der Waals surface area (Å²) in [6.45, 7) is 0.600. The van der Waals surface area contributed by atoms with Gasteiger partial charge in [-0.05, 0) is 36.9 Å². The van der Waals surface area contributed by atoms with Gasteiger partial charge in [0, 0.05) is 12.6 Å². The van der Waals surface area contributed by atoms with E-state index in [1.807, 2.05) is 6.07 Å². The Balaban J connectivity index is 2.34. The molecule has 0 aliphatic rings. The third kappa shape index (κ3) is 3.11. The predicted molar refractivity (Wildman–Crippen MR) is 70.4 cm³/mol. The lowest BCUT2D eigenvalue weighted by Gasteiger charge is -2.10. The maximum absolute atomic E-state index is 13.5. The fourth-order valence-corrected chi connectivity index (χ4v) is 1.74. The number of rotatable bonds is 4. The number of hydrogen-bond donors (Lipinski definition) is 1. The Hall–Kier alpha value is -2.45. The summed E-state index contributed by atoms with van der Waals surface area (Å²) in [4.78, 5) is 0. The molecule has 5 heteroatoms. The molecule has 0 aromatic heterocycles. The van der Waals surface area contributed by atoms with Gasteiger partial charge in [-0.2, -0.15) is 5.26 Å². The van der Waals surface area contributed by atoms with Crippen LogP contribution in [0.1, 0.15) is 11.1 Å². The molecule has 0 amide bonds. The van der Waals surface area contributed by atoms with Crippen molar-refractivity contribution in [1.82, 2.24) is 5.32 Å². The Bertz CT molecular complexity index is 665. The van der Waals surface area contributed by atoms with Gasteiger partial charge in [-0.25, -0.2) is 8.78 Å². The Morgan fingerprint density at radius 2 is 1.95 bits per heavy atom. The van der Waals surface area contributed by atoms with Gasteiger partial charge >= 0.3 is 0 Å². The van der Waals surface area contributed by atoms with E-state index < -0.39 is 11.6 Å². The van der Waals surface area contributed by atoms with Crippen LogP contribution in [-0.4, -0.2) is 7.05 Å². The second-order valence-corrected chi connectivity index (χ2v) is 4.15. The van der Waals surface area contributed by atoms with Crippen molar-refractivity contribution in [3.05, 3.63) is 59.2 Å². The van der Waals surface area contributed by atoms with Crippen molar-refractivity contribution in [2.45, 2.75) is 6.54 Å². The first kappa shape index (κ1) is 14.0. The first-order valence-electron chi connectivity index (χ1n) is 5.94. The summed E-state index contributed by atoms with van der Waals surface area (Å²) >= 11 is 0. The van der Waals surface area contributed by atoms with Gasteiger partial charge in [-0.3, -0.25) is 0 Å². The summed E-state index contributed by atoms with van der Waals surface area (Å²) in [6.07, 6.45) is 0. The first-order chi connectivity index (χ1) is 9.63. The lowest BCUT2D eigenvalue weighted by atomic mass is 10.1. The fraction of sp³-hybridized carbons (Fsp3) is 0.133. The van der Waals surface area contributed by atoms with E-state index in [0.29, 0.717) is 6.54 Å². The second-order valence-electron chi connectivity index (χ2n) is 4.15. The highest BCUT2D eigenvalue weighted by Gasteiger charge is 2.10. The molecular formula is C15H12F2N2O. The van der Waals surface area contributed by atoms with Crippen LogP contribution < -0.4 is 10.1 Å². The van der Waals surface area contributed by atoms with Crippen LogP contribution in [0.15, 0.2) is 36.4 Å². The van der Waals surface area contributed by atoms with Crippen LogP contribution in [0, 0.1) is 23.0 Å². The third-order valence-electron chi connectivity index (χ3n) is 2.66. The van der Waals surface area contributed by atoms with E-state index in [2.05, 4.69) is 5.32 Å². The van der Waals surface area contributed by atoms with Gasteiger partial charge in [-0.15, -0.1) is 0 Å². The minimum absolute atomic E-state index is 0.192. The monoisotopic (exact) mass is 274 g/mol. The molecule has 20 heavy (non-hydrogen) atoms. The van der Waals surface area contributed by atoms with Gasteiger partial charge < -0.3 is 10.1 Å². The minimum Gasteiger partial charge on any atom is -0.453 e. The standard InChI is InChI=1S/C15H12F2N2O/c1-19-9-10-2-5-14(11(6-10)8-18)20-15-7-12(16)3-4-13(15)17/h2-7,19H,9H2,1H3. The van der Waals surface area contributed by atoms with Gasteiger partial charge in [-0.1, -0.05) is 6.07 Å². The summed E-state index contributed by atoms with van der Waals surface area (Å²) in [5, 5.41) is 12.1. The zero-order valence-electron chi connectivity index (χ0n) is 10.8. The van der Waals surface area contributed by atoms with E-state index in [9.17, 15) is 8.78 Å².